The van der Waals surface area contributed by atoms with Gasteiger partial charge in [0.25, 0.3) is 5.91 Å². The molecule has 26 heavy (non-hydrogen) atoms. The van der Waals surface area contributed by atoms with E-state index in [-0.39, 0.29) is 11.9 Å². The van der Waals surface area contributed by atoms with Gasteiger partial charge >= 0.3 is 0 Å². The Kier molecular flexibility index (Phi) is 7.02. The second-order valence-electron chi connectivity index (χ2n) is 5.81. The molecule has 0 fully saturated rings. The summed E-state index contributed by atoms with van der Waals surface area (Å²) in [5.74, 6) is 1.11. The van der Waals surface area contributed by atoms with Crippen LogP contribution >= 0.6 is 0 Å². The van der Waals surface area contributed by atoms with Gasteiger partial charge in [0.05, 0.1) is 20.4 Å². The van der Waals surface area contributed by atoms with Crippen LogP contribution < -0.4 is 20.2 Å². The minimum absolute atomic E-state index is 0.197. The quantitative estimate of drug-likeness (QED) is 0.563. The van der Waals surface area contributed by atoms with Crippen molar-refractivity contribution in [2.24, 2.45) is 5.10 Å². The van der Waals surface area contributed by atoms with Gasteiger partial charge in [-0.3, -0.25) is 4.79 Å². The molecule has 1 unspecified atom stereocenters. The minimum atomic E-state index is -0.368. The Morgan fingerprint density at radius 2 is 1.88 bits per heavy atom. The molecule has 0 saturated heterocycles. The van der Waals surface area contributed by atoms with Gasteiger partial charge in [-0.05, 0) is 37.6 Å². The number of ether oxygens (including phenoxy) is 2. The standard InChI is InChI=1S/C20H25N3O3/c1-5-18(22-16-9-6-14(2)7-10-16)20(24)23-21-13-15-8-11-17(25-3)12-19(15)26-4/h6-13,18,22H,5H2,1-4H3,(H,23,24)/b21-13-. The lowest BCUT2D eigenvalue weighted by Crippen LogP contribution is -2.36. The summed E-state index contributed by atoms with van der Waals surface area (Å²) in [6.07, 6.45) is 2.19. The van der Waals surface area contributed by atoms with Crippen LogP contribution in [0.1, 0.15) is 24.5 Å². The first-order chi connectivity index (χ1) is 12.6. The lowest BCUT2D eigenvalue weighted by atomic mass is 10.1. The zero-order valence-electron chi connectivity index (χ0n) is 15.6. The Balaban J connectivity index is 1.99. The summed E-state index contributed by atoms with van der Waals surface area (Å²) in [4.78, 5) is 12.4. The van der Waals surface area contributed by atoms with E-state index in [2.05, 4.69) is 15.8 Å². The molecular weight excluding hydrogens is 330 g/mol. The predicted molar refractivity (Wildman–Crippen MR) is 104 cm³/mol. The summed E-state index contributed by atoms with van der Waals surface area (Å²) < 4.78 is 10.5. The molecule has 2 aromatic carbocycles. The van der Waals surface area contributed by atoms with Gasteiger partial charge in [0.2, 0.25) is 0 Å². The Labute approximate surface area is 154 Å². The second-order valence-corrected chi connectivity index (χ2v) is 5.81. The zero-order valence-corrected chi connectivity index (χ0v) is 15.6. The van der Waals surface area contributed by atoms with Gasteiger partial charge in [-0.2, -0.15) is 5.10 Å². The van der Waals surface area contributed by atoms with Gasteiger partial charge in [-0.25, -0.2) is 5.43 Å². The number of benzene rings is 2. The lowest BCUT2D eigenvalue weighted by molar-refractivity contribution is -0.121. The fourth-order valence-electron chi connectivity index (χ4n) is 2.37. The molecule has 6 heteroatoms. The van der Waals surface area contributed by atoms with Crippen molar-refractivity contribution in [1.82, 2.24) is 5.43 Å². The smallest absolute Gasteiger partial charge is 0.262 e. The number of nitrogens with zero attached hydrogens (tertiary/aromatic N) is 1. The van der Waals surface area contributed by atoms with Crippen LogP contribution in [0.15, 0.2) is 47.6 Å². The van der Waals surface area contributed by atoms with Gasteiger partial charge in [-0.15, -0.1) is 0 Å². The van der Waals surface area contributed by atoms with Crippen molar-refractivity contribution in [2.75, 3.05) is 19.5 Å². The molecular formula is C20H25N3O3. The van der Waals surface area contributed by atoms with Gasteiger partial charge in [0.15, 0.2) is 0 Å². The molecule has 0 aliphatic carbocycles. The van der Waals surface area contributed by atoms with E-state index < -0.39 is 0 Å². The number of rotatable bonds is 8. The molecule has 0 radical (unpaired) electrons. The van der Waals surface area contributed by atoms with Crippen molar-refractivity contribution in [3.05, 3.63) is 53.6 Å². The van der Waals surface area contributed by atoms with E-state index in [0.29, 0.717) is 17.9 Å². The summed E-state index contributed by atoms with van der Waals surface area (Å²) >= 11 is 0. The zero-order chi connectivity index (χ0) is 18.9. The van der Waals surface area contributed by atoms with Crippen molar-refractivity contribution in [1.29, 1.82) is 0 Å². The fraction of sp³-hybridized carbons (Fsp3) is 0.300. The van der Waals surface area contributed by atoms with Gasteiger partial charge < -0.3 is 14.8 Å². The highest BCUT2D eigenvalue weighted by Crippen LogP contribution is 2.23. The van der Waals surface area contributed by atoms with E-state index >= 15 is 0 Å². The molecule has 0 saturated carbocycles. The van der Waals surface area contributed by atoms with Gasteiger partial charge in [-0.1, -0.05) is 24.6 Å². The summed E-state index contributed by atoms with van der Waals surface area (Å²) in [5, 5.41) is 7.26. The summed E-state index contributed by atoms with van der Waals surface area (Å²) in [6.45, 7) is 3.97. The molecule has 2 N–H and O–H groups in total. The summed E-state index contributed by atoms with van der Waals surface area (Å²) in [6, 6.07) is 12.9. The number of hydrogen-bond donors (Lipinski definition) is 2. The molecule has 1 atom stereocenters. The van der Waals surface area contributed by atoms with Crippen LogP contribution in [-0.2, 0) is 4.79 Å². The average Bonchev–Trinajstić information content (AvgIpc) is 2.67. The van der Waals surface area contributed by atoms with E-state index in [9.17, 15) is 4.79 Å². The first-order valence-electron chi connectivity index (χ1n) is 8.45. The Morgan fingerprint density at radius 3 is 2.50 bits per heavy atom. The first kappa shape index (κ1) is 19.3. The maximum absolute atomic E-state index is 12.4. The fourth-order valence-corrected chi connectivity index (χ4v) is 2.37. The highest BCUT2D eigenvalue weighted by atomic mass is 16.5. The first-order valence-corrected chi connectivity index (χ1v) is 8.45. The number of amides is 1. The highest BCUT2D eigenvalue weighted by Gasteiger charge is 2.15. The molecule has 2 rings (SSSR count). The minimum Gasteiger partial charge on any atom is -0.497 e. The molecule has 0 aliphatic heterocycles. The molecule has 138 valence electrons. The molecule has 0 aliphatic rings. The Bertz CT molecular complexity index is 757. The number of hydrazone groups is 1. The molecule has 0 heterocycles. The second kappa shape index (κ2) is 9.46. The van der Waals surface area contributed by atoms with Crippen LogP contribution in [0.4, 0.5) is 5.69 Å². The number of aryl methyl sites for hydroxylation is 1. The van der Waals surface area contributed by atoms with Crippen molar-refractivity contribution in [3.63, 3.8) is 0 Å². The third-order valence-electron chi connectivity index (χ3n) is 3.94. The van der Waals surface area contributed by atoms with Crippen molar-refractivity contribution in [2.45, 2.75) is 26.3 Å². The van der Waals surface area contributed by atoms with Crippen LogP contribution in [0.25, 0.3) is 0 Å². The Hall–Kier alpha value is -3.02. The third-order valence-corrected chi connectivity index (χ3v) is 3.94. The van der Waals surface area contributed by atoms with Crippen molar-refractivity contribution < 1.29 is 14.3 Å². The number of methoxy groups -OCH3 is 2. The van der Waals surface area contributed by atoms with Crippen molar-refractivity contribution in [3.8, 4) is 11.5 Å². The van der Waals surface area contributed by atoms with Crippen LogP contribution in [0, 0.1) is 6.92 Å². The van der Waals surface area contributed by atoms with Crippen molar-refractivity contribution >= 4 is 17.8 Å². The Morgan fingerprint density at radius 1 is 1.15 bits per heavy atom. The van der Waals surface area contributed by atoms with Crippen LogP contribution in [-0.4, -0.2) is 32.4 Å². The maximum atomic E-state index is 12.4. The number of carbonyl (C=O) groups is 1. The summed E-state index contributed by atoms with van der Waals surface area (Å²) in [7, 11) is 3.16. The molecule has 6 nitrogen and oxygen atoms in total. The van der Waals surface area contributed by atoms with Crippen LogP contribution in [0.2, 0.25) is 0 Å². The van der Waals surface area contributed by atoms with E-state index in [1.807, 2.05) is 44.2 Å². The number of hydrogen-bond acceptors (Lipinski definition) is 5. The highest BCUT2D eigenvalue weighted by molar-refractivity contribution is 5.88. The SMILES string of the molecule is CCC(Nc1ccc(C)cc1)C(=O)N/N=C\c1ccc(OC)cc1OC. The third kappa shape index (κ3) is 5.24. The lowest BCUT2D eigenvalue weighted by Gasteiger charge is -2.16. The molecule has 0 bridgehead atoms. The van der Waals surface area contributed by atoms with Crippen LogP contribution in [0.3, 0.4) is 0 Å². The van der Waals surface area contributed by atoms with Crippen LogP contribution in [0.5, 0.6) is 11.5 Å². The van der Waals surface area contributed by atoms with E-state index in [1.54, 1.807) is 32.6 Å². The summed E-state index contributed by atoms with van der Waals surface area (Å²) in [5.41, 5.74) is 5.39. The molecule has 0 spiro atoms. The van der Waals surface area contributed by atoms with E-state index in [4.69, 9.17) is 9.47 Å². The topological polar surface area (TPSA) is 72.0 Å². The maximum Gasteiger partial charge on any atom is 0.262 e. The molecule has 0 aromatic heterocycles. The van der Waals surface area contributed by atoms with E-state index in [1.165, 1.54) is 5.56 Å². The number of carbonyl (C=O) groups excluding carboxylic acids is 1. The number of nitrogens with one attached hydrogen (secondary N) is 2. The normalized spacial score (nSPS) is 11.8. The predicted octanol–water partition coefficient (Wildman–Crippen LogP) is 3.35. The monoisotopic (exact) mass is 355 g/mol. The number of anilines is 1. The molecule has 2 aromatic rings. The largest absolute Gasteiger partial charge is 0.497 e. The van der Waals surface area contributed by atoms with Gasteiger partial charge in [0.1, 0.15) is 17.5 Å². The van der Waals surface area contributed by atoms with Gasteiger partial charge in [0, 0.05) is 17.3 Å². The molecule has 1 amide bonds. The van der Waals surface area contributed by atoms with E-state index in [0.717, 1.165) is 11.3 Å². The average molecular weight is 355 g/mol.